The number of hydrogen-bond acceptors (Lipinski definition) is 5. The van der Waals surface area contributed by atoms with Crippen LogP contribution in [0.5, 0.6) is 11.5 Å². The number of guanidine groups is 1. The zero-order valence-electron chi connectivity index (χ0n) is 17.3. The van der Waals surface area contributed by atoms with Crippen molar-refractivity contribution in [1.29, 1.82) is 0 Å². The molecule has 0 aliphatic heterocycles. The quantitative estimate of drug-likeness (QED) is 0.451. The van der Waals surface area contributed by atoms with Gasteiger partial charge in [-0.25, -0.2) is 4.99 Å². The van der Waals surface area contributed by atoms with E-state index in [2.05, 4.69) is 15.6 Å². The first kappa shape index (κ1) is 21.6. The third kappa shape index (κ3) is 5.92. The normalized spacial score (nSPS) is 13.7. The van der Waals surface area contributed by atoms with E-state index in [4.69, 9.17) is 13.9 Å². The minimum absolute atomic E-state index is 0.178. The maximum atomic E-state index is 10.7. The molecule has 0 aliphatic carbocycles. The molecule has 0 saturated heterocycles. The fourth-order valence-corrected chi connectivity index (χ4v) is 2.77. The van der Waals surface area contributed by atoms with Crippen molar-refractivity contribution >= 4 is 5.96 Å². The van der Waals surface area contributed by atoms with Gasteiger partial charge in [-0.05, 0) is 63.1 Å². The van der Waals surface area contributed by atoms with Crippen LogP contribution in [0.1, 0.15) is 30.9 Å². The first-order valence-electron chi connectivity index (χ1n) is 9.42. The summed E-state index contributed by atoms with van der Waals surface area (Å²) in [7, 11) is 3.30. The molecule has 28 heavy (non-hydrogen) atoms. The predicted octanol–water partition coefficient (Wildman–Crippen LogP) is 2.61. The molecule has 1 aromatic heterocycles. The number of methoxy groups -OCH3 is 2. The van der Waals surface area contributed by atoms with E-state index >= 15 is 0 Å². The molecule has 7 nitrogen and oxygen atoms in total. The summed E-state index contributed by atoms with van der Waals surface area (Å²) in [6.45, 7) is 7.09. The number of hydrogen-bond donors (Lipinski definition) is 3. The Morgan fingerprint density at radius 2 is 1.96 bits per heavy atom. The summed E-state index contributed by atoms with van der Waals surface area (Å²) < 4.78 is 16.3. The van der Waals surface area contributed by atoms with Gasteiger partial charge < -0.3 is 29.6 Å². The third-order valence-electron chi connectivity index (χ3n) is 4.33. The molecule has 3 N–H and O–H groups in total. The third-order valence-corrected chi connectivity index (χ3v) is 4.33. The highest BCUT2D eigenvalue weighted by Crippen LogP contribution is 2.24. The van der Waals surface area contributed by atoms with E-state index in [0.29, 0.717) is 18.3 Å². The van der Waals surface area contributed by atoms with Gasteiger partial charge >= 0.3 is 0 Å². The highest BCUT2D eigenvalue weighted by Gasteiger charge is 2.26. The molecule has 7 heteroatoms. The first-order chi connectivity index (χ1) is 13.4. The number of nitrogens with zero attached hydrogens (tertiary/aromatic N) is 1. The van der Waals surface area contributed by atoms with Crippen LogP contribution in [0.3, 0.4) is 0 Å². The molecule has 1 heterocycles. The summed E-state index contributed by atoms with van der Waals surface area (Å²) in [6.07, 6.45) is 0.735. The molecule has 2 aromatic rings. The Morgan fingerprint density at radius 1 is 1.18 bits per heavy atom. The zero-order valence-corrected chi connectivity index (χ0v) is 17.3. The standard InChI is InChI=1S/C21H31N3O4/c1-6-22-20(24-14-21(3,25)19-10-7-15(2)28-19)23-12-11-16-13-17(26-4)8-9-18(16)27-5/h7-10,13,25H,6,11-12,14H2,1-5H3,(H2,22,23,24). The Bertz CT molecular complexity index is 784. The summed E-state index contributed by atoms with van der Waals surface area (Å²) in [5, 5.41) is 17.1. The Labute approximate surface area is 166 Å². The molecule has 1 atom stereocenters. The van der Waals surface area contributed by atoms with Crippen LogP contribution >= 0.6 is 0 Å². The molecule has 2 rings (SSSR count). The van der Waals surface area contributed by atoms with Crippen LogP contribution in [0, 0.1) is 6.92 Å². The Hall–Kier alpha value is -2.67. The number of aliphatic imine (C=N–C) groups is 1. The van der Waals surface area contributed by atoms with Gasteiger partial charge in [-0.1, -0.05) is 0 Å². The van der Waals surface area contributed by atoms with Gasteiger partial charge in [0.15, 0.2) is 5.96 Å². The molecule has 0 fully saturated rings. The van der Waals surface area contributed by atoms with Crippen molar-refractivity contribution < 1.29 is 19.0 Å². The lowest BCUT2D eigenvalue weighted by atomic mass is 10.0. The van der Waals surface area contributed by atoms with Crippen molar-refractivity contribution in [2.45, 2.75) is 32.8 Å². The molecular formula is C21H31N3O4. The highest BCUT2D eigenvalue weighted by atomic mass is 16.5. The minimum atomic E-state index is -1.17. The molecule has 1 aromatic carbocycles. The van der Waals surface area contributed by atoms with E-state index in [1.807, 2.05) is 38.1 Å². The summed E-state index contributed by atoms with van der Waals surface area (Å²) in [4.78, 5) is 4.51. The maximum Gasteiger partial charge on any atom is 0.191 e. The van der Waals surface area contributed by atoms with Gasteiger partial charge in [0.1, 0.15) is 28.6 Å². The van der Waals surface area contributed by atoms with Crippen LogP contribution in [-0.2, 0) is 12.0 Å². The minimum Gasteiger partial charge on any atom is -0.497 e. The van der Waals surface area contributed by atoms with Gasteiger partial charge in [-0.15, -0.1) is 0 Å². The van der Waals surface area contributed by atoms with Crippen molar-refractivity contribution in [2.75, 3.05) is 33.9 Å². The lowest BCUT2D eigenvalue weighted by Crippen LogP contribution is -2.39. The molecule has 0 bridgehead atoms. The smallest absolute Gasteiger partial charge is 0.191 e. The summed E-state index contributed by atoms with van der Waals surface area (Å²) in [5.74, 6) is 3.51. The summed E-state index contributed by atoms with van der Waals surface area (Å²) in [6, 6.07) is 9.35. The van der Waals surface area contributed by atoms with Gasteiger partial charge in [-0.3, -0.25) is 0 Å². The van der Waals surface area contributed by atoms with Crippen molar-refractivity contribution in [2.24, 2.45) is 4.99 Å². The summed E-state index contributed by atoms with van der Waals surface area (Å²) in [5.41, 5.74) is -0.129. The van der Waals surface area contributed by atoms with Crippen LogP contribution in [0.15, 0.2) is 39.7 Å². The summed E-state index contributed by atoms with van der Waals surface area (Å²) >= 11 is 0. The second-order valence-electron chi connectivity index (χ2n) is 6.73. The van der Waals surface area contributed by atoms with Crippen LogP contribution in [-0.4, -0.2) is 44.9 Å². The Kier molecular flexibility index (Phi) is 7.75. The molecule has 1 unspecified atom stereocenters. The number of aliphatic hydroxyl groups is 1. The van der Waals surface area contributed by atoms with Crippen molar-refractivity contribution in [1.82, 2.24) is 10.6 Å². The molecule has 0 saturated carbocycles. The van der Waals surface area contributed by atoms with Gasteiger partial charge in [0, 0.05) is 13.1 Å². The van der Waals surface area contributed by atoms with Gasteiger partial charge in [-0.2, -0.15) is 0 Å². The largest absolute Gasteiger partial charge is 0.497 e. The molecule has 0 radical (unpaired) electrons. The number of aryl methyl sites for hydroxylation is 1. The number of nitrogens with one attached hydrogen (secondary N) is 2. The number of ether oxygens (including phenoxy) is 2. The average molecular weight is 389 g/mol. The lowest BCUT2D eigenvalue weighted by molar-refractivity contribution is 0.0428. The van der Waals surface area contributed by atoms with Crippen molar-refractivity contribution in [3.8, 4) is 11.5 Å². The fourth-order valence-electron chi connectivity index (χ4n) is 2.77. The van der Waals surface area contributed by atoms with E-state index < -0.39 is 5.60 Å². The van der Waals surface area contributed by atoms with Gasteiger partial charge in [0.05, 0.1) is 20.8 Å². The van der Waals surface area contributed by atoms with E-state index in [1.165, 1.54) is 0 Å². The predicted molar refractivity (Wildman–Crippen MR) is 110 cm³/mol. The molecule has 154 valence electrons. The van der Waals surface area contributed by atoms with E-state index in [0.717, 1.165) is 35.8 Å². The van der Waals surface area contributed by atoms with E-state index in [9.17, 15) is 5.11 Å². The van der Waals surface area contributed by atoms with Crippen LogP contribution in [0.2, 0.25) is 0 Å². The highest BCUT2D eigenvalue weighted by molar-refractivity contribution is 5.79. The molecular weight excluding hydrogens is 358 g/mol. The number of benzene rings is 1. The first-order valence-corrected chi connectivity index (χ1v) is 9.42. The molecule has 0 aliphatic rings. The lowest BCUT2D eigenvalue weighted by Gasteiger charge is -2.20. The van der Waals surface area contributed by atoms with Crippen LogP contribution < -0.4 is 20.1 Å². The van der Waals surface area contributed by atoms with Gasteiger partial charge in [0.2, 0.25) is 0 Å². The Balaban J connectivity index is 2.00. The number of rotatable bonds is 9. The van der Waals surface area contributed by atoms with Crippen molar-refractivity contribution in [3.63, 3.8) is 0 Å². The zero-order chi connectivity index (χ0) is 20.6. The Morgan fingerprint density at radius 3 is 2.57 bits per heavy atom. The molecule has 0 amide bonds. The second-order valence-corrected chi connectivity index (χ2v) is 6.73. The fraction of sp³-hybridized carbons (Fsp3) is 0.476. The SMILES string of the molecule is CCNC(=NCC(C)(O)c1ccc(C)o1)NCCc1cc(OC)ccc1OC. The second kappa shape index (κ2) is 10.0. The van der Waals surface area contributed by atoms with E-state index in [1.54, 1.807) is 27.2 Å². The van der Waals surface area contributed by atoms with Gasteiger partial charge in [0.25, 0.3) is 0 Å². The van der Waals surface area contributed by atoms with Crippen LogP contribution in [0.25, 0.3) is 0 Å². The average Bonchev–Trinajstić information content (AvgIpc) is 3.13. The maximum absolute atomic E-state index is 10.7. The topological polar surface area (TPSA) is 88.3 Å². The molecule has 0 spiro atoms. The number of furan rings is 1. The van der Waals surface area contributed by atoms with Crippen molar-refractivity contribution in [3.05, 3.63) is 47.4 Å². The monoisotopic (exact) mass is 389 g/mol. The van der Waals surface area contributed by atoms with E-state index in [-0.39, 0.29) is 6.54 Å². The van der Waals surface area contributed by atoms with Crippen LogP contribution in [0.4, 0.5) is 0 Å².